The summed E-state index contributed by atoms with van der Waals surface area (Å²) >= 11 is 0. The van der Waals surface area contributed by atoms with Gasteiger partial charge in [-0.2, -0.15) is 0 Å². The van der Waals surface area contributed by atoms with E-state index >= 15 is 0 Å². The third-order valence-corrected chi connectivity index (χ3v) is 9.96. The minimum absolute atomic E-state index is 0.849. The van der Waals surface area contributed by atoms with E-state index in [0.717, 1.165) is 55.7 Å². The van der Waals surface area contributed by atoms with Crippen molar-refractivity contribution in [2.45, 2.75) is 0 Å². The first kappa shape index (κ1) is 29.1. The summed E-state index contributed by atoms with van der Waals surface area (Å²) < 4.78 is 9.20. The molecule has 0 saturated heterocycles. The van der Waals surface area contributed by atoms with Crippen LogP contribution in [0.4, 0.5) is 17.1 Å². The molecule has 3 heteroatoms. The SMILES string of the molecule is c1ccc(-c2ccc(-n3c4cc5oc6ccccc6c5c(N(c5ccccc5)c5ccccc5)c4c4cccc(-c5ccccc5)c43)cc2)cc1. The van der Waals surface area contributed by atoms with E-state index in [-0.39, 0.29) is 0 Å². The number of hydrogen-bond donors (Lipinski definition) is 0. The van der Waals surface area contributed by atoms with Crippen molar-refractivity contribution in [2.75, 3.05) is 4.90 Å². The summed E-state index contributed by atoms with van der Waals surface area (Å²) in [7, 11) is 0. The second kappa shape index (κ2) is 11.9. The monoisotopic (exact) mass is 652 g/mol. The van der Waals surface area contributed by atoms with Crippen LogP contribution in [-0.4, -0.2) is 4.57 Å². The maximum absolute atomic E-state index is 6.76. The highest BCUT2D eigenvalue weighted by Gasteiger charge is 2.27. The van der Waals surface area contributed by atoms with Gasteiger partial charge in [0.05, 0.1) is 22.1 Å². The molecule has 0 aliphatic carbocycles. The van der Waals surface area contributed by atoms with E-state index in [1.807, 2.05) is 6.07 Å². The van der Waals surface area contributed by atoms with Gasteiger partial charge in [-0.05, 0) is 59.2 Å². The minimum Gasteiger partial charge on any atom is -0.456 e. The van der Waals surface area contributed by atoms with E-state index < -0.39 is 0 Å². The van der Waals surface area contributed by atoms with Gasteiger partial charge < -0.3 is 13.9 Å². The van der Waals surface area contributed by atoms with Crippen molar-refractivity contribution in [3.05, 3.63) is 194 Å². The zero-order chi connectivity index (χ0) is 33.7. The summed E-state index contributed by atoms with van der Waals surface area (Å²) in [5.41, 5.74) is 13.0. The van der Waals surface area contributed by atoms with Crippen LogP contribution in [0.1, 0.15) is 0 Å². The molecule has 0 radical (unpaired) electrons. The minimum atomic E-state index is 0.849. The Kier molecular flexibility index (Phi) is 6.81. The summed E-state index contributed by atoms with van der Waals surface area (Å²) in [5.74, 6) is 0. The number of furan rings is 1. The Morgan fingerprint density at radius 2 is 0.961 bits per heavy atom. The molecule has 0 bridgehead atoms. The smallest absolute Gasteiger partial charge is 0.139 e. The lowest BCUT2D eigenvalue weighted by Gasteiger charge is -2.27. The topological polar surface area (TPSA) is 21.3 Å². The number of nitrogens with zero attached hydrogens (tertiary/aromatic N) is 2. The third-order valence-electron chi connectivity index (χ3n) is 9.96. The van der Waals surface area contributed by atoms with Crippen LogP contribution in [0, 0.1) is 0 Å². The first-order valence-electron chi connectivity index (χ1n) is 17.4. The Morgan fingerprint density at radius 3 is 1.63 bits per heavy atom. The number of hydrogen-bond acceptors (Lipinski definition) is 2. The molecule has 240 valence electrons. The van der Waals surface area contributed by atoms with Gasteiger partial charge in [0.25, 0.3) is 0 Å². The fourth-order valence-electron chi connectivity index (χ4n) is 7.74. The van der Waals surface area contributed by atoms with E-state index in [9.17, 15) is 0 Å². The second-order valence-electron chi connectivity index (χ2n) is 12.9. The predicted molar refractivity (Wildman–Crippen MR) is 214 cm³/mol. The van der Waals surface area contributed by atoms with E-state index in [1.54, 1.807) is 0 Å². The summed E-state index contributed by atoms with van der Waals surface area (Å²) in [6.07, 6.45) is 0. The van der Waals surface area contributed by atoms with Crippen LogP contribution >= 0.6 is 0 Å². The number of fused-ring (bicyclic) bond motifs is 6. The van der Waals surface area contributed by atoms with Gasteiger partial charge in [0.2, 0.25) is 0 Å². The van der Waals surface area contributed by atoms with Gasteiger partial charge in [-0.1, -0.05) is 146 Å². The Hall–Kier alpha value is -6.84. The Balaban J connectivity index is 1.40. The summed E-state index contributed by atoms with van der Waals surface area (Å²) in [6.45, 7) is 0. The van der Waals surface area contributed by atoms with Crippen LogP contribution in [0.3, 0.4) is 0 Å². The normalized spacial score (nSPS) is 11.5. The van der Waals surface area contributed by atoms with Crippen molar-refractivity contribution in [1.29, 1.82) is 0 Å². The molecule has 0 fully saturated rings. The molecule has 0 aliphatic heterocycles. The molecule has 0 aliphatic rings. The van der Waals surface area contributed by atoms with E-state index in [1.165, 1.54) is 33.0 Å². The third kappa shape index (κ3) is 4.74. The lowest BCUT2D eigenvalue weighted by Crippen LogP contribution is -2.10. The highest BCUT2D eigenvalue weighted by molar-refractivity contribution is 6.29. The number of rotatable bonds is 6. The second-order valence-corrected chi connectivity index (χ2v) is 12.9. The fourth-order valence-corrected chi connectivity index (χ4v) is 7.74. The van der Waals surface area contributed by atoms with Crippen molar-refractivity contribution in [3.8, 4) is 27.9 Å². The Bertz CT molecular complexity index is 2780. The Labute approximate surface area is 295 Å². The van der Waals surface area contributed by atoms with E-state index in [4.69, 9.17) is 4.42 Å². The molecule has 0 amide bonds. The largest absolute Gasteiger partial charge is 0.456 e. The molecule has 8 aromatic carbocycles. The van der Waals surface area contributed by atoms with Crippen LogP contribution in [0.5, 0.6) is 0 Å². The van der Waals surface area contributed by atoms with Crippen LogP contribution in [0.15, 0.2) is 199 Å². The zero-order valence-corrected chi connectivity index (χ0v) is 27.8. The molecular formula is C48H32N2O. The quantitative estimate of drug-likeness (QED) is 0.178. The van der Waals surface area contributed by atoms with Crippen molar-refractivity contribution >= 4 is 60.8 Å². The molecule has 3 nitrogen and oxygen atoms in total. The predicted octanol–water partition coefficient (Wildman–Crippen LogP) is 13.5. The maximum Gasteiger partial charge on any atom is 0.139 e. The number of benzene rings is 8. The van der Waals surface area contributed by atoms with E-state index in [0.29, 0.717) is 0 Å². The molecule has 0 atom stereocenters. The standard InChI is InChI=1S/C48H32N2O/c1-5-16-33(17-6-1)34-28-30-38(31-29-34)50-42-32-44-46(40-24-13-14-27-43(40)51-44)48(49(36-20-9-3-10-21-36)37-22-11-4-12-23-37)45(42)41-26-15-25-39(47(41)50)35-18-7-2-8-19-35/h1-32H. The summed E-state index contributed by atoms with van der Waals surface area (Å²) in [4.78, 5) is 2.41. The zero-order valence-electron chi connectivity index (χ0n) is 27.8. The van der Waals surface area contributed by atoms with Crippen LogP contribution in [-0.2, 0) is 0 Å². The molecule has 0 N–H and O–H groups in total. The average Bonchev–Trinajstić information content (AvgIpc) is 3.75. The van der Waals surface area contributed by atoms with Gasteiger partial charge >= 0.3 is 0 Å². The van der Waals surface area contributed by atoms with Crippen molar-refractivity contribution in [1.82, 2.24) is 4.57 Å². The van der Waals surface area contributed by atoms with Gasteiger partial charge in [-0.15, -0.1) is 0 Å². The molecule has 2 aromatic heterocycles. The molecule has 0 saturated carbocycles. The summed E-state index contributed by atoms with van der Waals surface area (Å²) in [6, 6.07) is 69.0. The molecule has 51 heavy (non-hydrogen) atoms. The lowest BCUT2D eigenvalue weighted by molar-refractivity contribution is 0.669. The van der Waals surface area contributed by atoms with Crippen LogP contribution < -0.4 is 4.90 Å². The Morgan fingerprint density at radius 1 is 0.412 bits per heavy atom. The van der Waals surface area contributed by atoms with Gasteiger partial charge in [-0.3, -0.25) is 0 Å². The number of aromatic nitrogens is 1. The fraction of sp³-hybridized carbons (Fsp3) is 0. The summed E-state index contributed by atoms with van der Waals surface area (Å²) in [5, 5.41) is 4.53. The molecule has 2 heterocycles. The number of anilines is 3. The van der Waals surface area contributed by atoms with Gasteiger partial charge in [0.15, 0.2) is 0 Å². The number of para-hydroxylation sites is 4. The van der Waals surface area contributed by atoms with Crippen molar-refractivity contribution in [2.24, 2.45) is 0 Å². The van der Waals surface area contributed by atoms with E-state index in [2.05, 4.69) is 198 Å². The maximum atomic E-state index is 6.76. The first-order chi connectivity index (χ1) is 25.3. The highest BCUT2D eigenvalue weighted by atomic mass is 16.3. The average molecular weight is 653 g/mol. The first-order valence-corrected chi connectivity index (χ1v) is 17.4. The van der Waals surface area contributed by atoms with Gasteiger partial charge in [-0.25, -0.2) is 0 Å². The molecule has 10 rings (SSSR count). The molecule has 10 aromatic rings. The van der Waals surface area contributed by atoms with Gasteiger partial charge in [0, 0.05) is 44.9 Å². The molecular weight excluding hydrogens is 621 g/mol. The van der Waals surface area contributed by atoms with Crippen molar-refractivity contribution in [3.63, 3.8) is 0 Å². The van der Waals surface area contributed by atoms with Crippen LogP contribution in [0.2, 0.25) is 0 Å². The molecule has 0 unspecified atom stereocenters. The van der Waals surface area contributed by atoms with Crippen molar-refractivity contribution < 1.29 is 4.42 Å². The van der Waals surface area contributed by atoms with Crippen LogP contribution in [0.25, 0.3) is 71.7 Å². The lowest BCUT2D eigenvalue weighted by atomic mass is 9.99. The molecule has 0 spiro atoms. The highest BCUT2D eigenvalue weighted by Crippen LogP contribution is 2.51. The van der Waals surface area contributed by atoms with Gasteiger partial charge in [0.1, 0.15) is 11.2 Å².